The summed E-state index contributed by atoms with van der Waals surface area (Å²) in [4.78, 5) is 12.9. The van der Waals surface area contributed by atoms with Crippen molar-refractivity contribution in [1.82, 2.24) is 5.32 Å². The van der Waals surface area contributed by atoms with E-state index in [1.54, 1.807) is 42.5 Å². The van der Waals surface area contributed by atoms with E-state index in [4.69, 9.17) is 4.18 Å². The third-order valence-electron chi connectivity index (χ3n) is 6.19. The largest absolute Gasteiger partial charge is 0.506 e. The van der Waals surface area contributed by atoms with E-state index in [2.05, 4.69) is 17.0 Å². The number of hydrogen-bond acceptors (Lipinski definition) is 4. The maximum Gasteiger partial charge on any atom is 0.316 e. The predicted octanol–water partition coefficient (Wildman–Crippen LogP) is 7.27. The Bertz CT molecular complexity index is 1120. The van der Waals surface area contributed by atoms with Gasteiger partial charge >= 0.3 is 11.3 Å². The first-order chi connectivity index (χ1) is 17.6. The lowest BCUT2D eigenvalue weighted by molar-refractivity contribution is 0.0950. The molecule has 0 radical (unpaired) electrons. The third-order valence-corrected chi connectivity index (χ3v) is 6.92. The number of benzene rings is 3. The SMILES string of the molecule is CCCCCCCCCCCCNC(=O)c1cc(NS(=O)Oc2ccccc2)c2ccccc2c1O. The zero-order valence-corrected chi connectivity index (χ0v) is 21.9. The lowest BCUT2D eigenvalue weighted by Gasteiger charge is -2.14. The van der Waals surface area contributed by atoms with Crippen LogP contribution in [-0.4, -0.2) is 21.8 Å². The summed E-state index contributed by atoms with van der Waals surface area (Å²) in [6.07, 6.45) is 12.3. The smallest absolute Gasteiger partial charge is 0.316 e. The van der Waals surface area contributed by atoms with Crippen molar-refractivity contribution in [3.63, 3.8) is 0 Å². The van der Waals surface area contributed by atoms with Gasteiger partial charge in [-0.25, -0.2) is 0 Å². The summed E-state index contributed by atoms with van der Waals surface area (Å²) in [5, 5.41) is 14.9. The van der Waals surface area contributed by atoms with Crippen LogP contribution in [-0.2, 0) is 11.3 Å². The van der Waals surface area contributed by atoms with Gasteiger partial charge in [0.2, 0.25) is 0 Å². The Hall–Kier alpha value is -3.06. The number of nitrogens with one attached hydrogen (secondary N) is 2. The molecule has 7 heteroatoms. The van der Waals surface area contributed by atoms with Gasteiger partial charge in [0.1, 0.15) is 11.5 Å². The van der Waals surface area contributed by atoms with E-state index in [-0.39, 0.29) is 17.2 Å². The number of carbonyl (C=O) groups excluding carboxylic acids is 1. The monoisotopic (exact) mass is 510 g/mol. The van der Waals surface area contributed by atoms with Crippen LogP contribution >= 0.6 is 0 Å². The van der Waals surface area contributed by atoms with Gasteiger partial charge in [-0.15, -0.1) is 0 Å². The van der Waals surface area contributed by atoms with E-state index in [9.17, 15) is 14.1 Å². The number of para-hydroxylation sites is 1. The molecule has 1 unspecified atom stereocenters. The van der Waals surface area contributed by atoms with Gasteiger partial charge in [0.25, 0.3) is 5.91 Å². The number of hydrogen-bond donors (Lipinski definition) is 3. The average Bonchev–Trinajstić information content (AvgIpc) is 2.89. The number of unbranched alkanes of at least 4 members (excludes halogenated alkanes) is 9. The zero-order valence-electron chi connectivity index (χ0n) is 21.1. The van der Waals surface area contributed by atoms with Crippen molar-refractivity contribution >= 4 is 33.6 Å². The summed E-state index contributed by atoms with van der Waals surface area (Å²) in [5.41, 5.74) is 0.585. The Labute approximate surface area is 217 Å². The van der Waals surface area contributed by atoms with Crippen molar-refractivity contribution < 1.29 is 18.3 Å². The molecule has 3 aromatic rings. The van der Waals surface area contributed by atoms with Crippen molar-refractivity contribution in [1.29, 1.82) is 0 Å². The van der Waals surface area contributed by atoms with E-state index in [0.29, 0.717) is 28.8 Å². The minimum Gasteiger partial charge on any atom is -0.506 e. The Morgan fingerprint density at radius 3 is 2.08 bits per heavy atom. The number of carbonyl (C=O) groups is 1. The fraction of sp³-hybridized carbons (Fsp3) is 0.414. The molecule has 0 fully saturated rings. The molecule has 36 heavy (non-hydrogen) atoms. The van der Waals surface area contributed by atoms with E-state index in [1.165, 1.54) is 57.4 Å². The van der Waals surface area contributed by atoms with Gasteiger partial charge in [-0.3, -0.25) is 9.52 Å². The molecule has 0 saturated heterocycles. The molecule has 0 bridgehead atoms. The highest BCUT2D eigenvalue weighted by molar-refractivity contribution is 7.82. The van der Waals surface area contributed by atoms with Gasteiger partial charge in [0.05, 0.1) is 11.3 Å². The van der Waals surface area contributed by atoms with E-state index >= 15 is 0 Å². The molecule has 6 nitrogen and oxygen atoms in total. The normalized spacial score (nSPS) is 11.8. The Morgan fingerprint density at radius 1 is 0.833 bits per heavy atom. The van der Waals surface area contributed by atoms with E-state index in [1.807, 2.05) is 12.1 Å². The number of amides is 1. The first kappa shape index (κ1) is 27.5. The third kappa shape index (κ3) is 8.55. The molecule has 0 aliphatic carbocycles. The van der Waals surface area contributed by atoms with Gasteiger partial charge in [-0.05, 0) is 24.6 Å². The fourth-order valence-corrected chi connectivity index (χ4v) is 4.88. The first-order valence-corrected chi connectivity index (χ1v) is 14.1. The lowest BCUT2D eigenvalue weighted by atomic mass is 10.0. The van der Waals surface area contributed by atoms with E-state index in [0.717, 1.165) is 12.8 Å². The second-order valence-corrected chi connectivity index (χ2v) is 9.88. The van der Waals surface area contributed by atoms with Crippen LogP contribution < -0.4 is 14.2 Å². The quantitative estimate of drug-likeness (QED) is 0.140. The fourth-order valence-electron chi connectivity index (χ4n) is 4.20. The van der Waals surface area contributed by atoms with E-state index < -0.39 is 11.3 Å². The van der Waals surface area contributed by atoms with Crippen molar-refractivity contribution in [2.24, 2.45) is 0 Å². The molecule has 3 aromatic carbocycles. The van der Waals surface area contributed by atoms with Crippen LogP contribution in [0, 0.1) is 0 Å². The number of rotatable bonds is 16. The molecule has 0 aliphatic rings. The summed E-state index contributed by atoms with van der Waals surface area (Å²) >= 11 is -1.88. The van der Waals surface area contributed by atoms with Crippen LogP contribution in [0.3, 0.4) is 0 Å². The number of phenolic OH excluding ortho intramolecular Hbond substituents is 1. The van der Waals surface area contributed by atoms with Gasteiger partial charge in [0, 0.05) is 17.3 Å². The molecule has 0 spiro atoms. The molecule has 0 aromatic heterocycles. The molecule has 1 amide bonds. The molecule has 1 atom stereocenters. The second kappa shape index (κ2) is 15.1. The molecule has 0 saturated carbocycles. The summed E-state index contributed by atoms with van der Waals surface area (Å²) in [6, 6.07) is 17.5. The lowest BCUT2D eigenvalue weighted by Crippen LogP contribution is -2.24. The molecule has 3 N–H and O–H groups in total. The zero-order chi connectivity index (χ0) is 25.6. The van der Waals surface area contributed by atoms with Crippen LogP contribution in [0.25, 0.3) is 10.8 Å². The Morgan fingerprint density at radius 2 is 1.42 bits per heavy atom. The van der Waals surface area contributed by atoms with Gasteiger partial charge in [0.15, 0.2) is 0 Å². The van der Waals surface area contributed by atoms with Crippen LogP contribution in [0.4, 0.5) is 5.69 Å². The van der Waals surface area contributed by atoms with Crippen molar-refractivity contribution in [3.05, 3.63) is 66.2 Å². The second-order valence-electron chi connectivity index (χ2n) is 9.04. The van der Waals surface area contributed by atoms with Crippen LogP contribution in [0.1, 0.15) is 81.5 Å². The minimum absolute atomic E-state index is 0.0912. The number of aromatic hydroxyl groups is 1. The maximum absolute atomic E-state index is 12.9. The van der Waals surface area contributed by atoms with Gasteiger partial charge < -0.3 is 14.6 Å². The van der Waals surface area contributed by atoms with Crippen molar-refractivity contribution in [2.45, 2.75) is 71.1 Å². The first-order valence-electron chi connectivity index (χ1n) is 13.0. The standard InChI is InChI=1S/C29H38N2O4S/c1-2-3-4-5-6-7-8-9-10-16-21-30-29(33)26-22-27(24-19-14-15-20-25(24)28(26)32)31-36(34)35-23-17-12-11-13-18-23/h11-15,17-20,22,31-32H,2-10,16,21H2,1H3,(H,30,33). The number of phenols is 1. The molecule has 3 rings (SSSR count). The number of fused-ring (bicyclic) bond motifs is 1. The highest BCUT2D eigenvalue weighted by atomic mass is 32.2. The minimum atomic E-state index is -1.88. The van der Waals surface area contributed by atoms with Crippen molar-refractivity contribution in [2.75, 3.05) is 11.3 Å². The maximum atomic E-state index is 12.9. The van der Waals surface area contributed by atoms with Crippen LogP contribution in [0.15, 0.2) is 60.7 Å². The number of anilines is 1. The van der Waals surface area contributed by atoms with Gasteiger partial charge in [-0.1, -0.05) is 107 Å². The molecule has 0 heterocycles. The predicted molar refractivity (Wildman–Crippen MR) is 149 cm³/mol. The summed E-state index contributed by atoms with van der Waals surface area (Å²) in [6.45, 7) is 2.79. The van der Waals surface area contributed by atoms with Crippen molar-refractivity contribution in [3.8, 4) is 11.5 Å². The van der Waals surface area contributed by atoms with Gasteiger partial charge in [-0.2, -0.15) is 4.21 Å². The summed E-state index contributed by atoms with van der Waals surface area (Å²) in [5.74, 6) is 0.0133. The highest BCUT2D eigenvalue weighted by Gasteiger charge is 2.18. The molecular weight excluding hydrogens is 472 g/mol. The summed E-state index contributed by atoms with van der Waals surface area (Å²) in [7, 11) is 0. The molecular formula is C29H38N2O4S. The highest BCUT2D eigenvalue weighted by Crippen LogP contribution is 2.35. The van der Waals surface area contributed by atoms with Crippen LogP contribution in [0.2, 0.25) is 0 Å². The van der Waals surface area contributed by atoms with Crippen LogP contribution in [0.5, 0.6) is 11.5 Å². The topological polar surface area (TPSA) is 87.7 Å². The Kier molecular flexibility index (Phi) is 11.6. The molecule has 194 valence electrons. The Balaban J connectivity index is 1.54. The average molecular weight is 511 g/mol. The molecule has 0 aliphatic heterocycles. The summed E-state index contributed by atoms with van der Waals surface area (Å²) < 4.78 is 20.9.